The number of amides is 2. The van der Waals surface area contributed by atoms with E-state index in [2.05, 4.69) is 29.8 Å². The van der Waals surface area contributed by atoms with Gasteiger partial charge in [0.1, 0.15) is 29.0 Å². The van der Waals surface area contributed by atoms with Gasteiger partial charge >= 0.3 is 5.97 Å². The molecule has 9 rings (SSSR count). The summed E-state index contributed by atoms with van der Waals surface area (Å²) < 4.78 is 115. The molecule has 4 aliphatic rings. The molecule has 0 aromatic heterocycles. The molecular weight excluding hydrogens is 1490 g/mol. The second kappa shape index (κ2) is 34.2. The van der Waals surface area contributed by atoms with Crippen LogP contribution in [0.25, 0.3) is 0 Å². The molecule has 0 unspecified atom stereocenters. The SMILES string of the molecule is CC1(C)C(=CC=CC2=[N+](CCCCS(=O)(=O)[O-])c3ccc(CC(=O)NCC(=O)O)cc3C2(C)C)N(CCCCS(=O)(=O)[O-])c2ccc(CNC(=O)CC(=O)CCCCCN3/C(=C/C=C/C=C/C4=[N+](Cc5cc([N+](=O)[O-])cc([N+](=O)[O-])c5)c5ccc(S(=O)(=O)[O-])cc5C4(C)C)C(C)(C)c4cc(SOO[O-])ccc43)cc21. The van der Waals surface area contributed by atoms with Crippen LogP contribution in [0.15, 0.2) is 161 Å². The molecular formula is C76H86N8O21S4-2. The maximum atomic E-state index is 13.5. The Labute approximate surface area is 637 Å². The Morgan fingerprint density at radius 1 is 0.569 bits per heavy atom. The minimum Gasteiger partial charge on any atom is -0.748 e. The Kier molecular flexibility index (Phi) is 26.3. The number of anilines is 2. The Morgan fingerprint density at radius 3 is 1.72 bits per heavy atom. The summed E-state index contributed by atoms with van der Waals surface area (Å²) in [6, 6.07) is 24.1. The van der Waals surface area contributed by atoms with Crippen molar-refractivity contribution < 1.29 is 96.8 Å². The van der Waals surface area contributed by atoms with E-state index in [1.165, 1.54) is 30.3 Å². The zero-order chi connectivity index (χ0) is 79.8. The highest BCUT2D eigenvalue weighted by molar-refractivity contribution is 7.94. The molecule has 4 aliphatic heterocycles. The lowest BCUT2D eigenvalue weighted by molar-refractivity contribution is -0.777. The van der Waals surface area contributed by atoms with E-state index in [1.807, 2.05) is 133 Å². The first kappa shape index (κ1) is 83.6. The number of fused-ring (bicyclic) bond motifs is 4. The van der Waals surface area contributed by atoms with Gasteiger partial charge in [-0.2, -0.15) is 13.5 Å². The summed E-state index contributed by atoms with van der Waals surface area (Å²) in [6.45, 7) is 16.4. The highest BCUT2D eigenvalue weighted by Crippen LogP contribution is 2.51. The van der Waals surface area contributed by atoms with Crippen LogP contribution in [-0.2, 0) is 100 Å². The van der Waals surface area contributed by atoms with Crippen molar-refractivity contribution in [1.29, 1.82) is 0 Å². The number of rotatable bonds is 37. The second-order valence-electron chi connectivity index (χ2n) is 29.2. The van der Waals surface area contributed by atoms with Crippen molar-refractivity contribution in [3.8, 4) is 0 Å². The number of nitro benzene ring substituents is 2. The maximum absolute atomic E-state index is 13.5. The number of aliphatic carboxylic acids is 1. The fourth-order valence-electron chi connectivity index (χ4n) is 14.7. The molecule has 5 aromatic rings. The number of non-ortho nitro benzene ring substituents is 2. The first-order valence-electron chi connectivity index (χ1n) is 35.1. The van der Waals surface area contributed by atoms with E-state index in [9.17, 15) is 83.6 Å². The van der Waals surface area contributed by atoms with Gasteiger partial charge in [-0.3, -0.25) is 44.4 Å². The van der Waals surface area contributed by atoms with Crippen LogP contribution in [0.1, 0.15) is 152 Å². The molecule has 3 N–H and O–H groups in total. The van der Waals surface area contributed by atoms with Crippen molar-refractivity contribution in [1.82, 2.24) is 10.6 Å². The molecule has 582 valence electrons. The smallest absolute Gasteiger partial charge is 0.322 e. The Balaban J connectivity index is 0.867. The number of hydrogen-bond acceptors (Lipinski definition) is 23. The van der Waals surface area contributed by atoms with E-state index in [4.69, 9.17) is 5.11 Å². The van der Waals surface area contributed by atoms with Gasteiger partial charge in [0.05, 0.1) is 76.8 Å². The lowest BCUT2D eigenvalue weighted by atomic mass is 9.80. The van der Waals surface area contributed by atoms with Crippen LogP contribution in [0.5, 0.6) is 0 Å². The number of hydrogen-bond donors (Lipinski definition) is 3. The summed E-state index contributed by atoms with van der Waals surface area (Å²) in [4.78, 5) is 77.4. The molecule has 0 bridgehead atoms. The highest BCUT2D eigenvalue weighted by Gasteiger charge is 2.47. The topological polar surface area (TPSA) is 424 Å². The third kappa shape index (κ3) is 20.3. The maximum Gasteiger partial charge on any atom is 0.322 e. The summed E-state index contributed by atoms with van der Waals surface area (Å²) >= 11 is 0.753. The number of Topliss-reactive ketones (excluding diaryl/α,β-unsaturated/α-hetero) is 1. The number of carbonyl (C=O) groups is 4. The quantitative estimate of drug-likeness (QED) is 0.00383. The number of allylic oxidation sites excluding steroid dienone is 10. The minimum absolute atomic E-state index is 0.0801. The van der Waals surface area contributed by atoms with Crippen LogP contribution < -0.4 is 25.7 Å². The van der Waals surface area contributed by atoms with E-state index < -0.39 is 114 Å². The van der Waals surface area contributed by atoms with Crippen LogP contribution in [0.2, 0.25) is 0 Å². The molecule has 0 saturated heterocycles. The molecule has 2 amide bonds. The summed E-state index contributed by atoms with van der Waals surface area (Å²) in [6.07, 6.45) is 17.2. The number of benzene rings is 5. The van der Waals surface area contributed by atoms with Crippen molar-refractivity contribution >= 4 is 112 Å². The van der Waals surface area contributed by atoms with Gasteiger partial charge in [-0.05, 0) is 137 Å². The van der Waals surface area contributed by atoms with E-state index >= 15 is 0 Å². The van der Waals surface area contributed by atoms with Gasteiger partial charge in [0.2, 0.25) is 23.2 Å². The molecule has 29 nitrogen and oxygen atoms in total. The van der Waals surface area contributed by atoms with E-state index in [1.54, 1.807) is 34.9 Å². The lowest BCUT2D eigenvalue weighted by Crippen LogP contribution is -2.30. The largest absolute Gasteiger partial charge is 0.748 e. The van der Waals surface area contributed by atoms with Crippen molar-refractivity contribution in [2.75, 3.05) is 47.5 Å². The number of nitro groups is 2. The predicted molar refractivity (Wildman–Crippen MR) is 402 cm³/mol. The van der Waals surface area contributed by atoms with Crippen molar-refractivity contribution in [2.45, 2.75) is 164 Å². The molecule has 0 fully saturated rings. The molecule has 109 heavy (non-hydrogen) atoms. The van der Waals surface area contributed by atoms with Gasteiger partial charge in [-0.25, -0.2) is 25.3 Å². The summed E-state index contributed by atoms with van der Waals surface area (Å²) in [5.74, 6) is -3.45. The molecule has 5 aromatic carbocycles. The van der Waals surface area contributed by atoms with Crippen molar-refractivity contribution in [3.05, 3.63) is 210 Å². The first-order valence-corrected chi connectivity index (χ1v) is 40.4. The summed E-state index contributed by atoms with van der Waals surface area (Å²) in [5, 5.41) is 52.6. The summed E-state index contributed by atoms with van der Waals surface area (Å²) in [5.41, 5.74) is 6.90. The van der Waals surface area contributed by atoms with Crippen LogP contribution >= 0.6 is 12.0 Å². The average Bonchev–Trinajstić information content (AvgIpc) is 1.64. The molecule has 33 heteroatoms. The van der Waals surface area contributed by atoms with E-state index in [-0.39, 0.29) is 56.5 Å². The van der Waals surface area contributed by atoms with Gasteiger partial charge < -0.3 is 44.5 Å². The molecule has 4 heterocycles. The normalized spacial score (nSPS) is 17.0. The van der Waals surface area contributed by atoms with Gasteiger partial charge in [0.25, 0.3) is 11.4 Å². The van der Waals surface area contributed by atoms with Crippen LogP contribution in [0.3, 0.4) is 0 Å². The standard InChI is InChI=1S/C76H88N8O21S4/c1-73(2)58-40-50(42-70(86)78-48-72(88)89)25-29-62(58)80(34-15-17-36-107(95,96)97)67(73)23-19-24-68-74(3,4)59-41-51(26-30-63(59)81(68)35-16-18-37-108(98,99)100)47-77-71(87)44-55(85)20-11-10-14-33-79-64-31-27-56(106-105-104-94)45-60(64)75(5,6)66(79)21-12-9-13-22-69-76(7,8)61-46-57(109(101,102)103)28-32-65(61)82(69)49-52-38-53(83(90)91)43-54(39-52)84(92)93/h9,12-13,19,21-32,38-41,43,45-46H,10-11,14-18,20,33-37,42,44,47-49H2,1-8H3,(H5-2,77,78,86,87,88,89,94,95,96,97,98,99,100,101,102,103)/p-2. The molecule has 0 saturated carbocycles. The van der Waals surface area contributed by atoms with Crippen LogP contribution in [0, 0.1) is 20.2 Å². The van der Waals surface area contributed by atoms with Crippen LogP contribution in [-0.4, -0.2) is 136 Å². The van der Waals surface area contributed by atoms with Gasteiger partial charge in [0, 0.05) is 136 Å². The predicted octanol–water partition coefficient (Wildman–Crippen LogP) is 9.85. The Bertz CT molecular complexity index is 5000. The minimum atomic E-state index is -4.88. The lowest BCUT2D eigenvalue weighted by Gasteiger charge is -2.27. The monoisotopic (exact) mass is 1570 g/mol. The van der Waals surface area contributed by atoms with Crippen LogP contribution in [0.4, 0.5) is 34.1 Å². The average molecular weight is 1580 g/mol. The zero-order valence-corrected chi connectivity index (χ0v) is 64.7. The molecule has 0 atom stereocenters. The molecule has 0 radical (unpaired) electrons. The first-order chi connectivity index (χ1) is 51.1. The zero-order valence-electron chi connectivity index (χ0n) is 61.4. The third-order valence-electron chi connectivity index (χ3n) is 20.1. The highest BCUT2D eigenvalue weighted by atomic mass is 32.2. The fourth-order valence-corrected chi connectivity index (χ4v) is 16.7. The van der Waals surface area contributed by atoms with Crippen molar-refractivity contribution in [2.24, 2.45) is 0 Å². The number of carbonyl (C=O) groups excluding carboxylic acids is 3. The second-order valence-corrected chi connectivity index (χ2v) is 34.4. The third-order valence-corrected chi connectivity index (χ3v) is 23.1. The van der Waals surface area contributed by atoms with E-state index in [0.717, 1.165) is 74.5 Å². The number of carboxylic acids is 1. The number of carboxylic acid groups (broad SMARTS) is 1. The summed E-state index contributed by atoms with van der Waals surface area (Å²) in [7, 11) is -13.8. The Morgan fingerprint density at radius 2 is 1.11 bits per heavy atom. The number of ketones is 1. The number of unbranched alkanes of at least 4 members (excludes halogenated alkanes) is 4. The Hall–Kier alpha value is -9.42. The van der Waals surface area contributed by atoms with Gasteiger partial charge in [-0.15, -0.1) is 0 Å². The molecule has 0 spiro atoms. The number of nitrogens with zero attached hydrogens (tertiary/aromatic N) is 6. The van der Waals surface area contributed by atoms with Gasteiger partial charge in [-0.1, -0.05) is 76.6 Å². The van der Waals surface area contributed by atoms with Gasteiger partial charge in [0.15, 0.2) is 18.0 Å². The van der Waals surface area contributed by atoms with Crippen molar-refractivity contribution in [3.63, 3.8) is 0 Å². The molecule has 0 aliphatic carbocycles. The number of nitrogens with one attached hydrogen (secondary N) is 2. The van der Waals surface area contributed by atoms with E-state index in [0.29, 0.717) is 79.2 Å². The fraction of sp³-hybridized carbons (Fsp3) is 0.395.